The minimum atomic E-state index is -0.837. The number of allylic oxidation sites excluding steroid dienone is 1. The van der Waals surface area contributed by atoms with Gasteiger partial charge in [0, 0.05) is 7.05 Å². The summed E-state index contributed by atoms with van der Waals surface area (Å²) in [4.78, 5) is 33.4. The summed E-state index contributed by atoms with van der Waals surface area (Å²) in [6.07, 6.45) is 1.81. The summed E-state index contributed by atoms with van der Waals surface area (Å²) in [6.45, 7) is 1.63. The highest BCUT2D eigenvalue weighted by molar-refractivity contribution is 6.03. The third kappa shape index (κ3) is 3.70. The number of amides is 4. The van der Waals surface area contributed by atoms with Crippen LogP contribution < -0.4 is 5.32 Å². The highest BCUT2D eigenvalue weighted by Gasteiger charge is 2.17. The Morgan fingerprint density at radius 3 is 2.36 bits per heavy atom. The Morgan fingerprint density at radius 1 is 1.36 bits per heavy atom. The minimum absolute atomic E-state index is 0.590. The highest BCUT2D eigenvalue weighted by Crippen LogP contribution is 1.89. The minimum Gasteiger partial charge on any atom is -0.452 e. The Balaban J connectivity index is 4.21. The van der Waals surface area contributed by atoms with Crippen molar-refractivity contribution in [3.05, 3.63) is 12.2 Å². The summed E-state index contributed by atoms with van der Waals surface area (Å²) in [5.41, 5.74) is 0. The molecule has 6 nitrogen and oxygen atoms in total. The summed E-state index contributed by atoms with van der Waals surface area (Å²) in [5, 5.41) is 1.96. The SMILES string of the molecule is C/C=C/C(=O)NC(=O)N(C)C(=O)OC. The summed E-state index contributed by atoms with van der Waals surface area (Å²) in [5.74, 6) is -0.590. The molecule has 0 aromatic rings. The molecule has 0 atom stereocenters. The Kier molecular flexibility index (Phi) is 4.98. The number of carbonyl (C=O) groups excluding carboxylic acids is 3. The molecule has 78 valence electrons. The molecule has 0 saturated carbocycles. The van der Waals surface area contributed by atoms with Gasteiger partial charge in [-0.05, 0) is 13.0 Å². The van der Waals surface area contributed by atoms with Crippen molar-refractivity contribution in [2.45, 2.75) is 6.92 Å². The van der Waals surface area contributed by atoms with Gasteiger partial charge in [0.1, 0.15) is 0 Å². The summed E-state index contributed by atoms with van der Waals surface area (Å²) in [7, 11) is 2.34. The molecule has 0 aliphatic rings. The van der Waals surface area contributed by atoms with Crippen molar-refractivity contribution in [2.75, 3.05) is 14.2 Å². The predicted molar refractivity (Wildman–Crippen MR) is 48.5 cm³/mol. The lowest BCUT2D eigenvalue weighted by atomic mass is 10.5. The molecule has 0 fully saturated rings. The number of imide groups is 2. The van der Waals surface area contributed by atoms with Crippen LogP contribution in [0.2, 0.25) is 0 Å². The maximum atomic E-state index is 11.1. The molecule has 0 bridgehead atoms. The maximum Gasteiger partial charge on any atom is 0.417 e. The van der Waals surface area contributed by atoms with E-state index in [0.717, 1.165) is 7.11 Å². The van der Waals surface area contributed by atoms with Crippen molar-refractivity contribution in [1.82, 2.24) is 10.2 Å². The van der Waals surface area contributed by atoms with Gasteiger partial charge in [-0.3, -0.25) is 10.1 Å². The monoisotopic (exact) mass is 200 g/mol. The second-order valence-corrected chi connectivity index (χ2v) is 2.32. The number of rotatable bonds is 1. The fourth-order valence-corrected chi connectivity index (χ4v) is 0.602. The Bertz CT molecular complexity index is 273. The maximum absolute atomic E-state index is 11.1. The van der Waals surface area contributed by atoms with Crippen molar-refractivity contribution >= 4 is 18.0 Å². The first kappa shape index (κ1) is 12.2. The third-order valence-corrected chi connectivity index (χ3v) is 1.30. The van der Waals surface area contributed by atoms with Gasteiger partial charge in [-0.15, -0.1) is 0 Å². The lowest BCUT2D eigenvalue weighted by molar-refractivity contribution is -0.115. The van der Waals surface area contributed by atoms with Crippen LogP contribution in [0, 0.1) is 0 Å². The summed E-state index contributed by atoms with van der Waals surface area (Å²) in [6, 6.07) is -0.833. The molecule has 0 aliphatic heterocycles. The first-order chi connectivity index (χ1) is 6.52. The molecule has 0 heterocycles. The van der Waals surface area contributed by atoms with Crippen LogP contribution in [-0.2, 0) is 9.53 Å². The van der Waals surface area contributed by atoms with Crippen LogP contribution in [0.1, 0.15) is 6.92 Å². The number of ether oxygens (including phenoxy) is 1. The molecule has 0 aliphatic carbocycles. The number of nitrogens with zero attached hydrogens (tertiary/aromatic N) is 1. The van der Waals surface area contributed by atoms with Gasteiger partial charge in [-0.2, -0.15) is 0 Å². The first-order valence-corrected chi connectivity index (χ1v) is 3.82. The standard InChI is InChI=1S/C8H12N2O4/c1-4-5-6(11)9-7(12)10(2)8(13)14-3/h4-5H,1-3H3,(H,9,11,12)/b5-4+. The van der Waals surface area contributed by atoms with Crippen LogP contribution in [0.25, 0.3) is 0 Å². The van der Waals surface area contributed by atoms with Gasteiger partial charge >= 0.3 is 12.1 Å². The van der Waals surface area contributed by atoms with Crippen LogP contribution >= 0.6 is 0 Å². The van der Waals surface area contributed by atoms with Crippen LogP contribution in [0.5, 0.6) is 0 Å². The van der Waals surface area contributed by atoms with E-state index in [9.17, 15) is 14.4 Å². The van der Waals surface area contributed by atoms with Crippen LogP contribution in [0.4, 0.5) is 9.59 Å². The smallest absolute Gasteiger partial charge is 0.417 e. The quantitative estimate of drug-likeness (QED) is 0.625. The van der Waals surface area contributed by atoms with Gasteiger partial charge in [0.05, 0.1) is 7.11 Å². The molecule has 0 unspecified atom stereocenters. The van der Waals surface area contributed by atoms with E-state index < -0.39 is 18.0 Å². The normalized spacial score (nSPS) is 9.64. The van der Waals surface area contributed by atoms with Gasteiger partial charge in [0.15, 0.2) is 0 Å². The zero-order valence-electron chi connectivity index (χ0n) is 8.23. The van der Waals surface area contributed by atoms with Gasteiger partial charge in [0.2, 0.25) is 0 Å². The molecule has 0 aromatic carbocycles. The highest BCUT2D eigenvalue weighted by atomic mass is 16.5. The Morgan fingerprint density at radius 2 is 1.93 bits per heavy atom. The molecule has 0 saturated heterocycles. The number of nitrogens with one attached hydrogen (secondary N) is 1. The van der Waals surface area contributed by atoms with E-state index in [0.29, 0.717) is 4.90 Å². The van der Waals surface area contributed by atoms with Crippen LogP contribution in [0.3, 0.4) is 0 Å². The van der Waals surface area contributed by atoms with E-state index in [1.165, 1.54) is 19.2 Å². The second-order valence-electron chi connectivity index (χ2n) is 2.32. The van der Waals surface area contributed by atoms with Gasteiger partial charge in [0.25, 0.3) is 5.91 Å². The van der Waals surface area contributed by atoms with Crippen molar-refractivity contribution in [3.63, 3.8) is 0 Å². The average Bonchev–Trinajstić information content (AvgIpc) is 2.15. The van der Waals surface area contributed by atoms with Crippen LogP contribution in [0.15, 0.2) is 12.2 Å². The summed E-state index contributed by atoms with van der Waals surface area (Å²) >= 11 is 0. The molecule has 0 rings (SSSR count). The molecule has 6 heteroatoms. The van der Waals surface area contributed by atoms with Gasteiger partial charge in [-0.25, -0.2) is 14.5 Å². The zero-order chi connectivity index (χ0) is 11.1. The third-order valence-electron chi connectivity index (χ3n) is 1.30. The first-order valence-electron chi connectivity index (χ1n) is 3.82. The molecular weight excluding hydrogens is 188 g/mol. The zero-order valence-corrected chi connectivity index (χ0v) is 8.23. The molecule has 14 heavy (non-hydrogen) atoms. The van der Waals surface area contributed by atoms with E-state index >= 15 is 0 Å². The number of hydrogen-bond donors (Lipinski definition) is 1. The topological polar surface area (TPSA) is 75.7 Å². The van der Waals surface area contributed by atoms with Gasteiger partial charge in [-0.1, -0.05) is 6.08 Å². The average molecular weight is 200 g/mol. The lowest BCUT2D eigenvalue weighted by Crippen LogP contribution is -2.43. The number of methoxy groups -OCH3 is 1. The molecule has 0 radical (unpaired) electrons. The largest absolute Gasteiger partial charge is 0.452 e. The van der Waals surface area contributed by atoms with Gasteiger partial charge < -0.3 is 4.74 Å². The van der Waals surface area contributed by atoms with E-state index in [1.807, 2.05) is 5.32 Å². The predicted octanol–water partition coefficient (Wildman–Crippen LogP) is 0.497. The van der Waals surface area contributed by atoms with Crippen molar-refractivity contribution in [3.8, 4) is 0 Å². The number of hydrogen-bond acceptors (Lipinski definition) is 4. The van der Waals surface area contributed by atoms with E-state index in [2.05, 4.69) is 4.74 Å². The van der Waals surface area contributed by atoms with E-state index in [1.54, 1.807) is 6.92 Å². The fraction of sp³-hybridized carbons (Fsp3) is 0.375. The van der Waals surface area contributed by atoms with Crippen molar-refractivity contribution in [1.29, 1.82) is 0 Å². The fourth-order valence-electron chi connectivity index (χ4n) is 0.602. The molecule has 0 aromatic heterocycles. The van der Waals surface area contributed by atoms with Crippen molar-refractivity contribution < 1.29 is 19.1 Å². The second kappa shape index (κ2) is 5.74. The van der Waals surface area contributed by atoms with Crippen LogP contribution in [-0.4, -0.2) is 37.1 Å². The number of carbonyl (C=O) groups is 3. The molecule has 4 amide bonds. The molecule has 0 spiro atoms. The number of urea groups is 1. The van der Waals surface area contributed by atoms with E-state index in [-0.39, 0.29) is 0 Å². The summed E-state index contributed by atoms with van der Waals surface area (Å²) < 4.78 is 4.27. The lowest BCUT2D eigenvalue weighted by Gasteiger charge is -2.12. The molecular formula is C8H12N2O4. The van der Waals surface area contributed by atoms with E-state index in [4.69, 9.17) is 0 Å². The van der Waals surface area contributed by atoms with Crippen molar-refractivity contribution in [2.24, 2.45) is 0 Å². The Labute approximate surface area is 81.5 Å². The molecule has 1 N–H and O–H groups in total. The Hall–Kier alpha value is -1.85.